The van der Waals surface area contributed by atoms with Crippen molar-refractivity contribution in [3.05, 3.63) is 64.5 Å². The lowest BCUT2D eigenvalue weighted by molar-refractivity contribution is 0.731. The Morgan fingerprint density at radius 1 is 1.13 bits per heavy atom. The van der Waals surface area contributed by atoms with Gasteiger partial charge in [-0.2, -0.15) is 5.10 Å². The number of fused-ring (bicyclic) bond motifs is 1. The van der Waals surface area contributed by atoms with E-state index in [4.69, 9.17) is 4.98 Å². The van der Waals surface area contributed by atoms with E-state index in [1.807, 2.05) is 55.9 Å². The number of hydrogen-bond donors (Lipinski definition) is 1. The number of nitrogens with zero attached hydrogens (tertiary/aromatic N) is 6. The number of imidazole rings is 1. The Hall–Kier alpha value is -3.68. The number of hydrogen-bond acceptors (Lipinski definition) is 5. The van der Waals surface area contributed by atoms with Crippen molar-refractivity contribution in [2.45, 2.75) is 20.3 Å². The second kappa shape index (κ2) is 6.98. The minimum Gasteiger partial charge on any atom is -0.337 e. The van der Waals surface area contributed by atoms with E-state index in [0.717, 1.165) is 52.3 Å². The van der Waals surface area contributed by atoms with E-state index in [-0.39, 0.29) is 5.69 Å². The molecule has 0 unspecified atom stereocenters. The first-order valence-electron chi connectivity index (χ1n) is 10.0. The first kappa shape index (κ1) is 18.4. The summed E-state index contributed by atoms with van der Waals surface area (Å²) in [6.45, 7) is 5.44. The number of nitrogens with one attached hydrogen (secondary N) is 1. The Balaban J connectivity index is 1.45. The first-order valence-corrected chi connectivity index (χ1v) is 10.0. The van der Waals surface area contributed by atoms with Gasteiger partial charge in [-0.15, -0.1) is 0 Å². The SMILES string of the molecule is Cc1nn(C)c(C)c1-c1ccnc(N2CC=C(n3c(=O)[nH]c4ccccc43)CC2)n1. The molecule has 1 aliphatic rings. The Bertz CT molecular complexity index is 1340. The van der Waals surface area contributed by atoms with Gasteiger partial charge in [0.25, 0.3) is 0 Å². The van der Waals surface area contributed by atoms with Gasteiger partial charge < -0.3 is 9.88 Å². The smallest absolute Gasteiger partial charge is 0.330 e. The number of aromatic nitrogens is 6. The molecule has 1 aromatic carbocycles. The standard InChI is InChI=1S/C22H23N7O/c1-14-20(15(2)27(3)26-14)18-8-11-23-21(24-18)28-12-9-16(10-13-28)29-19-7-5-4-6-17(19)25-22(29)30/h4-9,11H,10,12-13H2,1-3H3,(H,25,30). The minimum absolute atomic E-state index is 0.100. The summed E-state index contributed by atoms with van der Waals surface area (Å²) in [6, 6.07) is 9.69. The molecule has 30 heavy (non-hydrogen) atoms. The van der Waals surface area contributed by atoms with E-state index < -0.39 is 0 Å². The summed E-state index contributed by atoms with van der Waals surface area (Å²) in [7, 11) is 1.94. The maximum absolute atomic E-state index is 12.5. The van der Waals surface area contributed by atoms with Gasteiger partial charge in [0.05, 0.1) is 22.4 Å². The predicted octanol–water partition coefficient (Wildman–Crippen LogP) is 2.89. The van der Waals surface area contributed by atoms with Gasteiger partial charge in [0, 0.05) is 49.7 Å². The van der Waals surface area contributed by atoms with Gasteiger partial charge in [-0.05, 0) is 38.1 Å². The Morgan fingerprint density at radius 2 is 1.97 bits per heavy atom. The molecule has 0 saturated carbocycles. The molecule has 0 atom stereocenters. The molecule has 4 heterocycles. The second-order valence-electron chi connectivity index (χ2n) is 7.59. The highest BCUT2D eigenvalue weighted by atomic mass is 16.1. The summed E-state index contributed by atoms with van der Waals surface area (Å²) in [5, 5.41) is 4.50. The number of anilines is 1. The van der Waals surface area contributed by atoms with Crippen molar-refractivity contribution in [1.82, 2.24) is 29.3 Å². The zero-order valence-electron chi connectivity index (χ0n) is 17.3. The molecular formula is C22H23N7O. The molecule has 0 saturated heterocycles. The molecule has 8 nitrogen and oxygen atoms in total. The van der Waals surface area contributed by atoms with Crippen LogP contribution in [0.2, 0.25) is 0 Å². The summed E-state index contributed by atoms with van der Waals surface area (Å²) in [6.07, 6.45) is 4.62. The van der Waals surface area contributed by atoms with Crippen molar-refractivity contribution in [1.29, 1.82) is 0 Å². The van der Waals surface area contributed by atoms with Crippen LogP contribution in [0.4, 0.5) is 5.95 Å². The maximum Gasteiger partial charge on any atom is 0.330 e. The van der Waals surface area contributed by atoms with E-state index in [9.17, 15) is 4.79 Å². The van der Waals surface area contributed by atoms with Crippen molar-refractivity contribution in [3.63, 3.8) is 0 Å². The van der Waals surface area contributed by atoms with Crippen molar-refractivity contribution in [2.24, 2.45) is 7.05 Å². The van der Waals surface area contributed by atoms with Crippen LogP contribution in [-0.4, -0.2) is 42.4 Å². The van der Waals surface area contributed by atoms with Gasteiger partial charge in [-0.25, -0.2) is 14.8 Å². The highest BCUT2D eigenvalue weighted by Crippen LogP contribution is 2.27. The number of aromatic amines is 1. The number of benzene rings is 1. The molecule has 8 heteroatoms. The number of rotatable bonds is 3. The van der Waals surface area contributed by atoms with Crippen LogP contribution in [0.25, 0.3) is 28.0 Å². The van der Waals surface area contributed by atoms with E-state index in [1.165, 1.54) is 0 Å². The summed E-state index contributed by atoms with van der Waals surface area (Å²) in [4.78, 5) is 26.8. The lowest BCUT2D eigenvalue weighted by Gasteiger charge is -2.27. The summed E-state index contributed by atoms with van der Waals surface area (Å²) in [5.41, 5.74) is 6.63. The summed E-state index contributed by atoms with van der Waals surface area (Å²) in [5.74, 6) is 0.691. The third-order valence-corrected chi connectivity index (χ3v) is 5.75. The zero-order chi connectivity index (χ0) is 20.8. The van der Waals surface area contributed by atoms with Gasteiger partial charge in [-0.1, -0.05) is 12.1 Å². The van der Waals surface area contributed by atoms with E-state index in [0.29, 0.717) is 12.5 Å². The topological polar surface area (TPSA) is 84.6 Å². The van der Waals surface area contributed by atoms with E-state index >= 15 is 0 Å². The van der Waals surface area contributed by atoms with Gasteiger partial charge in [0.15, 0.2) is 0 Å². The fourth-order valence-electron chi connectivity index (χ4n) is 4.17. The average Bonchev–Trinajstić information content (AvgIpc) is 3.22. The molecule has 5 rings (SSSR count). The lowest BCUT2D eigenvalue weighted by atomic mass is 10.1. The van der Waals surface area contributed by atoms with Crippen LogP contribution in [0.5, 0.6) is 0 Å². The fourth-order valence-corrected chi connectivity index (χ4v) is 4.17. The van der Waals surface area contributed by atoms with Crippen LogP contribution in [0, 0.1) is 13.8 Å². The van der Waals surface area contributed by atoms with Crippen molar-refractivity contribution in [2.75, 3.05) is 18.0 Å². The first-order chi connectivity index (χ1) is 14.5. The van der Waals surface area contributed by atoms with E-state index in [1.54, 1.807) is 10.8 Å². The zero-order valence-corrected chi connectivity index (χ0v) is 17.3. The molecule has 0 aliphatic carbocycles. The van der Waals surface area contributed by atoms with Gasteiger partial charge >= 0.3 is 5.69 Å². The molecule has 4 aromatic rings. The highest BCUT2D eigenvalue weighted by Gasteiger charge is 2.20. The van der Waals surface area contributed by atoms with Gasteiger partial charge in [0.1, 0.15) is 0 Å². The quantitative estimate of drug-likeness (QED) is 0.571. The molecule has 0 amide bonds. The van der Waals surface area contributed by atoms with Crippen LogP contribution in [0.3, 0.4) is 0 Å². The van der Waals surface area contributed by atoms with Gasteiger partial charge in [-0.3, -0.25) is 9.25 Å². The monoisotopic (exact) mass is 401 g/mol. The van der Waals surface area contributed by atoms with Crippen LogP contribution in [0.1, 0.15) is 17.8 Å². The largest absolute Gasteiger partial charge is 0.337 e. The normalized spacial score (nSPS) is 14.4. The Kier molecular flexibility index (Phi) is 4.27. The van der Waals surface area contributed by atoms with Crippen LogP contribution >= 0.6 is 0 Å². The molecule has 0 fully saturated rings. The van der Waals surface area contributed by atoms with Crippen molar-refractivity contribution < 1.29 is 0 Å². The molecule has 3 aromatic heterocycles. The fraction of sp³-hybridized carbons (Fsp3) is 0.273. The Labute approximate surface area is 173 Å². The number of aryl methyl sites for hydroxylation is 2. The third kappa shape index (κ3) is 2.92. The summed E-state index contributed by atoms with van der Waals surface area (Å²) >= 11 is 0. The van der Waals surface area contributed by atoms with Crippen molar-refractivity contribution in [3.8, 4) is 11.3 Å². The molecule has 0 spiro atoms. The van der Waals surface area contributed by atoms with E-state index in [2.05, 4.69) is 26.0 Å². The highest BCUT2D eigenvalue weighted by molar-refractivity contribution is 5.79. The average molecular weight is 401 g/mol. The Morgan fingerprint density at radius 3 is 2.70 bits per heavy atom. The maximum atomic E-state index is 12.5. The molecule has 1 N–H and O–H groups in total. The molecule has 152 valence electrons. The van der Waals surface area contributed by atoms with Crippen LogP contribution in [0.15, 0.2) is 47.4 Å². The minimum atomic E-state index is -0.100. The van der Waals surface area contributed by atoms with Gasteiger partial charge in [0.2, 0.25) is 5.95 Å². The molecular weight excluding hydrogens is 378 g/mol. The molecule has 0 bridgehead atoms. The van der Waals surface area contributed by atoms with Crippen LogP contribution < -0.4 is 10.6 Å². The van der Waals surface area contributed by atoms with Crippen molar-refractivity contribution >= 4 is 22.7 Å². The third-order valence-electron chi connectivity index (χ3n) is 5.75. The molecule has 1 aliphatic heterocycles. The van der Waals surface area contributed by atoms with Crippen LogP contribution in [-0.2, 0) is 7.05 Å². The summed E-state index contributed by atoms with van der Waals surface area (Å²) < 4.78 is 3.65. The number of para-hydroxylation sites is 2. The second-order valence-corrected chi connectivity index (χ2v) is 7.59. The molecule has 0 radical (unpaired) electrons. The predicted molar refractivity (Wildman–Crippen MR) is 117 cm³/mol. The number of H-pyrrole nitrogens is 1. The lowest BCUT2D eigenvalue weighted by Crippen LogP contribution is -2.32.